The first-order valence-electron chi connectivity index (χ1n) is 8.96. The summed E-state index contributed by atoms with van der Waals surface area (Å²) in [6.45, 7) is 0.493. The zero-order valence-electron chi connectivity index (χ0n) is 16.1. The van der Waals surface area contributed by atoms with Crippen LogP contribution < -0.4 is 10.6 Å². The largest absolute Gasteiger partial charge is 0.465 e. The molecule has 0 fully saturated rings. The molecule has 2 aromatic heterocycles. The summed E-state index contributed by atoms with van der Waals surface area (Å²) in [5.41, 5.74) is 1.67. The van der Waals surface area contributed by atoms with Gasteiger partial charge in [0.15, 0.2) is 5.11 Å². The van der Waals surface area contributed by atoms with Crippen LogP contribution in [0.25, 0.3) is 10.1 Å². The molecule has 2 heterocycles. The SMILES string of the molecule is COC(=O)c1sc2cc(NC(=S)Nc3ncn(Cc4ccccc4Cl)n3)ccc2c1Cl. The van der Waals surface area contributed by atoms with Crippen molar-refractivity contribution in [2.75, 3.05) is 17.7 Å². The molecule has 0 saturated carbocycles. The first kappa shape index (κ1) is 21.5. The number of benzene rings is 2. The maximum Gasteiger partial charge on any atom is 0.349 e. The van der Waals surface area contributed by atoms with E-state index in [1.807, 2.05) is 42.5 Å². The number of aromatic nitrogens is 3. The Labute approximate surface area is 196 Å². The Morgan fingerprint density at radius 2 is 2.03 bits per heavy atom. The number of nitrogens with one attached hydrogen (secondary N) is 2. The van der Waals surface area contributed by atoms with Crippen molar-refractivity contribution in [2.24, 2.45) is 0 Å². The minimum absolute atomic E-state index is 0.325. The van der Waals surface area contributed by atoms with Gasteiger partial charge in [0.05, 0.1) is 18.7 Å². The van der Waals surface area contributed by atoms with Crippen molar-refractivity contribution < 1.29 is 9.53 Å². The van der Waals surface area contributed by atoms with Crippen molar-refractivity contribution in [3.8, 4) is 0 Å². The Morgan fingerprint density at radius 1 is 1.23 bits per heavy atom. The van der Waals surface area contributed by atoms with Crippen LogP contribution in [0.15, 0.2) is 48.8 Å². The monoisotopic (exact) mass is 491 g/mol. The fourth-order valence-electron chi connectivity index (χ4n) is 2.86. The van der Waals surface area contributed by atoms with Crippen molar-refractivity contribution in [1.82, 2.24) is 14.8 Å². The summed E-state index contributed by atoms with van der Waals surface area (Å²) in [4.78, 5) is 16.4. The lowest BCUT2D eigenvalue weighted by Gasteiger charge is -2.08. The zero-order chi connectivity index (χ0) is 22.0. The Kier molecular flexibility index (Phi) is 6.38. The third kappa shape index (κ3) is 4.80. The molecule has 0 aliphatic carbocycles. The van der Waals surface area contributed by atoms with Crippen molar-refractivity contribution in [3.05, 3.63) is 69.3 Å². The number of esters is 1. The number of nitrogens with zero attached hydrogens (tertiary/aromatic N) is 3. The molecular weight excluding hydrogens is 477 g/mol. The van der Waals surface area contributed by atoms with E-state index in [4.69, 9.17) is 40.2 Å². The molecule has 0 saturated heterocycles. The normalized spacial score (nSPS) is 10.8. The number of thiocarbonyl (C=S) groups is 1. The second-order valence-corrected chi connectivity index (χ2v) is 8.63. The van der Waals surface area contributed by atoms with Gasteiger partial charge in [0.1, 0.15) is 11.2 Å². The molecule has 0 bridgehead atoms. The molecule has 7 nitrogen and oxygen atoms in total. The molecule has 0 amide bonds. The molecule has 2 aromatic carbocycles. The van der Waals surface area contributed by atoms with Crippen LogP contribution in [-0.4, -0.2) is 33.0 Å². The third-order valence-corrected chi connectivity index (χ3v) is 6.52. The average molecular weight is 492 g/mol. The first-order chi connectivity index (χ1) is 14.9. The first-order valence-corrected chi connectivity index (χ1v) is 10.9. The molecule has 11 heteroatoms. The lowest BCUT2D eigenvalue weighted by atomic mass is 10.2. The van der Waals surface area contributed by atoms with Crippen molar-refractivity contribution >= 4 is 79.6 Å². The number of hydrogen-bond acceptors (Lipinski definition) is 6. The number of thiophene rings is 1. The van der Waals surface area contributed by atoms with Crippen LogP contribution in [0.3, 0.4) is 0 Å². The number of rotatable bonds is 5. The van der Waals surface area contributed by atoms with E-state index >= 15 is 0 Å². The Hall–Kier alpha value is -2.72. The highest BCUT2D eigenvalue weighted by Gasteiger charge is 2.18. The molecule has 158 valence electrons. The maximum absolute atomic E-state index is 11.8. The number of carbonyl (C=O) groups excluding carboxylic acids is 1. The second-order valence-electron chi connectivity index (χ2n) is 6.38. The number of anilines is 2. The summed E-state index contributed by atoms with van der Waals surface area (Å²) in [5.74, 6) is -0.103. The molecule has 2 N–H and O–H groups in total. The summed E-state index contributed by atoms with van der Waals surface area (Å²) in [5, 5.41) is 12.5. The highest BCUT2D eigenvalue weighted by atomic mass is 35.5. The minimum Gasteiger partial charge on any atom is -0.465 e. The highest BCUT2D eigenvalue weighted by molar-refractivity contribution is 7.80. The topological polar surface area (TPSA) is 81.1 Å². The van der Waals surface area contributed by atoms with Crippen LogP contribution in [0.4, 0.5) is 11.6 Å². The molecule has 31 heavy (non-hydrogen) atoms. The fraction of sp³-hybridized carbons (Fsp3) is 0.100. The smallest absolute Gasteiger partial charge is 0.349 e. The van der Waals surface area contributed by atoms with Gasteiger partial charge in [-0.1, -0.05) is 41.4 Å². The van der Waals surface area contributed by atoms with Gasteiger partial charge in [0, 0.05) is 20.8 Å². The number of methoxy groups -OCH3 is 1. The van der Waals surface area contributed by atoms with Gasteiger partial charge in [-0.15, -0.1) is 16.4 Å². The Balaban J connectivity index is 1.43. The lowest BCUT2D eigenvalue weighted by molar-refractivity contribution is 0.0606. The molecule has 0 unspecified atom stereocenters. The Bertz CT molecular complexity index is 1290. The van der Waals surface area contributed by atoms with Gasteiger partial charge in [-0.3, -0.25) is 5.32 Å². The lowest BCUT2D eigenvalue weighted by Crippen LogP contribution is -2.20. The van der Waals surface area contributed by atoms with E-state index in [1.165, 1.54) is 18.4 Å². The predicted molar refractivity (Wildman–Crippen MR) is 129 cm³/mol. The zero-order valence-corrected chi connectivity index (χ0v) is 19.2. The summed E-state index contributed by atoms with van der Waals surface area (Å²) < 4.78 is 7.27. The van der Waals surface area contributed by atoms with Crippen LogP contribution in [0.1, 0.15) is 15.2 Å². The molecule has 4 rings (SSSR count). The fourth-order valence-corrected chi connectivity index (χ4v) is 4.73. The second kappa shape index (κ2) is 9.19. The quantitative estimate of drug-likeness (QED) is 0.284. The summed E-state index contributed by atoms with van der Waals surface area (Å²) in [6, 6.07) is 13.1. The summed E-state index contributed by atoms with van der Waals surface area (Å²) in [6.07, 6.45) is 1.60. The van der Waals surface area contributed by atoms with E-state index in [2.05, 4.69) is 20.7 Å². The number of carbonyl (C=O) groups is 1. The molecule has 0 radical (unpaired) electrons. The van der Waals surface area contributed by atoms with E-state index in [1.54, 1.807) is 11.0 Å². The number of hydrogen-bond donors (Lipinski definition) is 2. The number of halogens is 2. The predicted octanol–water partition coefficient (Wildman–Crippen LogP) is 5.44. The molecule has 0 aliphatic heterocycles. The third-order valence-electron chi connectivity index (χ3n) is 4.31. The molecule has 0 atom stereocenters. The van der Waals surface area contributed by atoms with Crippen molar-refractivity contribution in [3.63, 3.8) is 0 Å². The van der Waals surface area contributed by atoms with Crippen LogP contribution in [0, 0.1) is 0 Å². The average Bonchev–Trinajstić information content (AvgIpc) is 3.32. The molecule has 0 aliphatic rings. The van der Waals surface area contributed by atoms with Gasteiger partial charge >= 0.3 is 5.97 Å². The van der Waals surface area contributed by atoms with Crippen molar-refractivity contribution in [1.29, 1.82) is 0 Å². The van der Waals surface area contributed by atoms with Gasteiger partial charge in [-0.25, -0.2) is 14.5 Å². The molecule has 4 aromatic rings. The van der Waals surface area contributed by atoms with Crippen LogP contribution in [0.5, 0.6) is 0 Å². The van der Waals surface area contributed by atoms with Gasteiger partial charge < -0.3 is 10.1 Å². The van der Waals surface area contributed by atoms with E-state index in [0.29, 0.717) is 32.5 Å². The number of fused-ring (bicyclic) bond motifs is 1. The van der Waals surface area contributed by atoms with E-state index < -0.39 is 5.97 Å². The summed E-state index contributed by atoms with van der Waals surface area (Å²) in [7, 11) is 1.32. The van der Waals surface area contributed by atoms with Gasteiger partial charge in [0.25, 0.3) is 0 Å². The van der Waals surface area contributed by atoms with E-state index in [-0.39, 0.29) is 0 Å². The minimum atomic E-state index is -0.462. The van der Waals surface area contributed by atoms with Crippen LogP contribution in [0.2, 0.25) is 10.0 Å². The van der Waals surface area contributed by atoms with Crippen molar-refractivity contribution in [2.45, 2.75) is 6.54 Å². The van der Waals surface area contributed by atoms with Gasteiger partial charge in [-0.05, 0) is 42.0 Å². The van der Waals surface area contributed by atoms with Gasteiger partial charge in [0.2, 0.25) is 5.95 Å². The highest BCUT2D eigenvalue weighted by Crippen LogP contribution is 2.37. The van der Waals surface area contributed by atoms with Gasteiger partial charge in [-0.2, -0.15) is 0 Å². The number of ether oxygens (including phenoxy) is 1. The summed E-state index contributed by atoms with van der Waals surface area (Å²) >= 11 is 19.1. The van der Waals surface area contributed by atoms with E-state index in [9.17, 15) is 4.79 Å². The van der Waals surface area contributed by atoms with Crippen LogP contribution >= 0.6 is 46.8 Å². The molecular formula is C20H15Cl2N5O2S2. The molecule has 0 spiro atoms. The van der Waals surface area contributed by atoms with E-state index in [0.717, 1.165) is 21.3 Å². The Morgan fingerprint density at radius 3 is 2.81 bits per heavy atom. The standard InChI is InChI=1S/C20H15Cl2N5O2S2/c1-29-18(28)17-16(22)13-7-6-12(8-15(13)31-17)24-20(30)25-19-23-10-27(26-19)9-11-4-2-3-5-14(11)21/h2-8,10H,9H2,1H3,(H2,24,25,26,30). The maximum atomic E-state index is 11.8. The van der Waals surface area contributed by atoms with Crippen LogP contribution in [-0.2, 0) is 11.3 Å².